The van der Waals surface area contributed by atoms with Crippen molar-refractivity contribution in [2.24, 2.45) is 0 Å². The second-order valence-corrected chi connectivity index (χ2v) is 5.39. The van der Waals surface area contributed by atoms with Crippen molar-refractivity contribution in [1.82, 2.24) is 14.4 Å². The minimum absolute atomic E-state index is 0.883. The lowest BCUT2D eigenvalue weighted by atomic mass is 10.1. The molecule has 0 saturated heterocycles. The van der Waals surface area contributed by atoms with Crippen molar-refractivity contribution in [1.29, 1.82) is 0 Å². The molecule has 19 heavy (non-hydrogen) atoms. The largest absolute Gasteiger partial charge is 0.286 e. The molecule has 0 aliphatic rings. The van der Waals surface area contributed by atoms with Crippen molar-refractivity contribution in [2.45, 2.75) is 19.8 Å². The lowest BCUT2D eigenvalue weighted by Crippen LogP contribution is -1.98. The first-order valence-corrected chi connectivity index (χ1v) is 7.05. The zero-order chi connectivity index (χ0) is 13.2. The summed E-state index contributed by atoms with van der Waals surface area (Å²) in [5.74, 6) is 1.04. The lowest BCUT2D eigenvalue weighted by molar-refractivity contribution is 0.842. The zero-order valence-electron chi connectivity index (χ0n) is 10.7. The average molecular weight is 316 g/mol. The van der Waals surface area contributed by atoms with Crippen molar-refractivity contribution in [2.75, 3.05) is 0 Å². The van der Waals surface area contributed by atoms with Crippen LogP contribution < -0.4 is 0 Å². The van der Waals surface area contributed by atoms with Gasteiger partial charge >= 0.3 is 0 Å². The molecular formula is C15H14BrN3. The smallest absolute Gasteiger partial charge is 0.132 e. The van der Waals surface area contributed by atoms with Crippen LogP contribution in [-0.4, -0.2) is 14.4 Å². The number of halogens is 1. The summed E-state index contributed by atoms with van der Waals surface area (Å²) in [5.41, 5.74) is 3.69. The molecule has 0 spiro atoms. The Labute approximate surface area is 120 Å². The number of fused-ring (bicyclic) bond motifs is 1. The minimum Gasteiger partial charge on any atom is -0.286 e. The Hall–Kier alpha value is -1.68. The summed E-state index contributed by atoms with van der Waals surface area (Å²) in [5, 5.41) is 0. The fourth-order valence-corrected chi connectivity index (χ4v) is 2.67. The van der Waals surface area contributed by atoms with E-state index >= 15 is 0 Å². The number of aryl methyl sites for hydroxylation is 3. The highest BCUT2D eigenvalue weighted by Gasteiger charge is 2.08. The second kappa shape index (κ2) is 5.13. The molecular weight excluding hydrogens is 302 g/mol. The molecule has 4 heteroatoms. The molecule has 2 aromatic heterocycles. The Bertz CT molecular complexity index is 701. The van der Waals surface area contributed by atoms with Gasteiger partial charge in [0, 0.05) is 12.6 Å². The van der Waals surface area contributed by atoms with E-state index in [1.165, 1.54) is 11.1 Å². The van der Waals surface area contributed by atoms with Crippen LogP contribution in [0.3, 0.4) is 0 Å². The van der Waals surface area contributed by atoms with Crippen LogP contribution in [-0.2, 0) is 12.8 Å². The maximum atomic E-state index is 4.56. The van der Waals surface area contributed by atoms with Crippen molar-refractivity contribution in [3.63, 3.8) is 0 Å². The number of hydrogen-bond donors (Lipinski definition) is 0. The van der Waals surface area contributed by atoms with E-state index in [0.717, 1.165) is 28.8 Å². The third-order valence-corrected chi connectivity index (χ3v) is 3.82. The molecule has 3 rings (SSSR count). The van der Waals surface area contributed by atoms with Crippen molar-refractivity contribution in [3.8, 4) is 0 Å². The van der Waals surface area contributed by atoms with Gasteiger partial charge in [-0.15, -0.1) is 0 Å². The topological polar surface area (TPSA) is 30.2 Å². The average Bonchev–Trinajstić information content (AvgIpc) is 2.76. The first kappa shape index (κ1) is 12.4. The first-order chi connectivity index (χ1) is 9.24. The van der Waals surface area contributed by atoms with E-state index in [0.29, 0.717) is 0 Å². The van der Waals surface area contributed by atoms with Gasteiger partial charge in [-0.2, -0.15) is 0 Å². The monoisotopic (exact) mass is 315 g/mol. The van der Waals surface area contributed by atoms with Crippen LogP contribution in [0.15, 0.2) is 47.5 Å². The van der Waals surface area contributed by atoms with E-state index in [9.17, 15) is 0 Å². The molecule has 0 radical (unpaired) electrons. The maximum Gasteiger partial charge on any atom is 0.132 e. The SMILES string of the molecule is Cc1ccc(CCc2nc(Br)c3ccncn23)cc1. The Kier molecular flexibility index (Phi) is 3.34. The number of aromatic nitrogens is 3. The number of hydrogen-bond acceptors (Lipinski definition) is 2. The summed E-state index contributed by atoms with van der Waals surface area (Å²) < 4.78 is 2.92. The van der Waals surface area contributed by atoms with Crippen LogP contribution in [0.2, 0.25) is 0 Å². The summed E-state index contributed by atoms with van der Waals surface area (Å²) in [6.45, 7) is 2.11. The van der Waals surface area contributed by atoms with Gasteiger partial charge in [-0.1, -0.05) is 29.8 Å². The molecule has 0 aliphatic carbocycles. The van der Waals surface area contributed by atoms with Crippen molar-refractivity contribution in [3.05, 3.63) is 64.4 Å². The van der Waals surface area contributed by atoms with Gasteiger partial charge < -0.3 is 0 Å². The highest BCUT2D eigenvalue weighted by Crippen LogP contribution is 2.19. The Balaban J connectivity index is 1.84. The molecule has 3 nitrogen and oxygen atoms in total. The third kappa shape index (κ3) is 2.54. The molecule has 0 atom stereocenters. The minimum atomic E-state index is 0.883. The van der Waals surface area contributed by atoms with Gasteiger partial charge in [0.2, 0.25) is 0 Å². The number of rotatable bonds is 3. The molecule has 0 N–H and O–H groups in total. The van der Waals surface area contributed by atoms with Crippen LogP contribution in [0.5, 0.6) is 0 Å². The van der Waals surface area contributed by atoms with Crippen LogP contribution in [0.1, 0.15) is 17.0 Å². The fourth-order valence-electron chi connectivity index (χ4n) is 2.15. The molecule has 0 unspecified atom stereocenters. The van der Waals surface area contributed by atoms with Crippen molar-refractivity contribution < 1.29 is 0 Å². The molecule has 0 saturated carbocycles. The number of nitrogens with zero attached hydrogens (tertiary/aromatic N) is 3. The molecule has 2 heterocycles. The van der Waals surface area contributed by atoms with Crippen LogP contribution >= 0.6 is 15.9 Å². The highest BCUT2D eigenvalue weighted by molar-refractivity contribution is 9.10. The van der Waals surface area contributed by atoms with Crippen LogP contribution in [0.4, 0.5) is 0 Å². The predicted octanol–water partition coefficient (Wildman–Crippen LogP) is 3.59. The van der Waals surface area contributed by atoms with E-state index < -0.39 is 0 Å². The second-order valence-electron chi connectivity index (χ2n) is 4.64. The summed E-state index contributed by atoms with van der Waals surface area (Å²) >= 11 is 3.49. The van der Waals surface area contributed by atoms with Crippen LogP contribution in [0, 0.1) is 6.92 Å². The molecule has 0 aliphatic heterocycles. The molecule has 96 valence electrons. The van der Waals surface area contributed by atoms with Gasteiger partial charge in [-0.05, 0) is 40.9 Å². The molecule has 3 aromatic rings. The molecule has 0 bridgehead atoms. The Morgan fingerprint density at radius 3 is 2.68 bits per heavy atom. The summed E-state index contributed by atoms with van der Waals surface area (Å²) in [7, 11) is 0. The van der Waals surface area contributed by atoms with Gasteiger partial charge in [0.05, 0.1) is 5.52 Å². The van der Waals surface area contributed by atoms with Gasteiger partial charge in [-0.25, -0.2) is 9.97 Å². The summed E-state index contributed by atoms with van der Waals surface area (Å²) in [6.07, 6.45) is 5.49. The zero-order valence-corrected chi connectivity index (χ0v) is 12.3. The Morgan fingerprint density at radius 2 is 1.89 bits per heavy atom. The molecule has 0 amide bonds. The van der Waals surface area contributed by atoms with E-state index in [-0.39, 0.29) is 0 Å². The summed E-state index contributed by atoms with van der Waals surface area (Å²) in [6, 6.07) is 10.6. The first-order valence-electron chi connectivity index (χ1n) is 6.26. The standard InChI is InChI=1S/C15H14BrN3/c1-11-2-4-12(5-3-11)6-7-14-18-15(16)13-8-9-17-10-19(13)14/h2-5,8-10H,6-7H2,1H3. The van der Waals surface area contributed by atoms with Gasteiger partial charge in [0.25, 0.3) is 0 Å². The van der Waals surface area contributed by atoms with E-state index in [1.54, 1.807) is 6.20 Å². The van der Waals surface area contributed by atoms with Crippen molar-refractivity contribution >= 4 is 21.4 Å². The Morgan fingerprint density at radius 1 is 1.11 bits per heavy atom. The van der Waals surface area contributed by atoms with Gasteiger partial charge in [0.1, 0.15) is 16.8 Å². The van der Waals surface area contributed by atoms with E-state index in [1.807, 2.05) is 16.8 Å². The van der Waals surface area contributed by atoms with E-state index in [2.05, 4.69) is 57.1 Å². The third-order valence-electron chi connectivity index (χ3n) is 3.23. The number of imidazole rings is 1. The summed E-state index contributed by atoms with van der Waals surface area (Å²) in [4.78, 5) is 8.72. The lowest BCUT2D eigenvalue weighted by Gasteiger charge is -2.02. The highest BCUT2D eigenvalue weighted by atomic mass is 79.9. The maximum absolute atomic E-state index is 4.56. The van der Waals surface area contributed by atoms with Gasteiger partial charge in [-0.3, -0.25) is 4.40 Å². The predicted molar refractivity (Wildman–Crippen MR) is 79.3 cm³/mol. The molecule has 1 aromatic carbocycles. The number of benzene rings is 1. The van der Waals surface area contributed by atoms with Crippen LogP contribution in [0.25, 0.3) is 5.52 Å². The quantitative estimate of drug-likeness (QED) is 0.739. The molecule has 0 fully saturated rings. The normalized spacial score (nSPS) is 11.1. The fraction of sp³-hybridized carbons (Fsp3) is 0.200. The van der Waals surface area contributed by atoms with E-state index in [4.69, 9.17) is 0 Å². The van der Waals surface area contributed by atoms with Gasteiger partial charge in [0.15, 0.2) is 0 Å².